The first-order chi connectivity index (χ1) is 8.74. The lowest BCUT2D eigenvalue weighted by Crippen LogP contribution is -2.42. The third-order valence-corrected chi connectivity index (χ3v) is 4.71. The van der Waals surface area contributed by atoms with Gasteiger partial charge in [0.2, 0.25) is 0 Å². The normalized spacial score (nSPS) is 27.9. The number of halogens is 1. The van der Waals surface area contributed by atoms with Crippen LogP contribution in [0.2, 0.25) is 5.02 Å². The monoisotopic (exact) mass is 265 g/mol. The first-order valence-corrected chi connectivity index (χ1v) is 7.28. The molecule has 1 saturated heterocycles. The lowest BCUT2D eigenvalue weighted by molar-refractivity contribution is 0.202. The molecule has 2 heterocycles. The van der Waals surface area contributed by atoms with E-state index >= 15 is 0 Å². The molecule has 1 aromatic rings. The van der Waals surface area contributed by atoms with Crippen LogP contribution in [0.4, 0.5) is 11.5 Å². The molecule has 2 fully saturated rings. The Hall–Kier alpha value is -0.960. The summed E-state index contributed by atoms with van der Waals surface area (Å²) in [4.78, 5) is 6.75. The molecule has 2 unspecified atom stereocenters. The highest BCUT2D eigenvalue weighted by atomic mass is 35.5. The number of hydrogen-bond acceptors (Lipinski definition) is 3. The average Bonchev–Trinajstić information content (AvgIpc) is 2.38. The van der Waals surface area contributed by atoms with Crippen molar-refractivity contribution in [3.63, 3.8) is 0 Å². The predicted octanol–water partition coefficient (Wildman–Crippen LogP) is 3.33. The third kappa shape index (κ3) is 2.28. The van der Waals surface area contributed by atoms with Crippen molar-refractivity contribution < 1.29 is 0 Å². The first-order valence-electron chi connectivity index (χ1n) is 6.90. The van der Waals surface area contributed by atoms with Crippen LogP contribution >= 0.6 is 11.6 Å². The molecule has 0 amide bonds. The Labute approximate surface area is 113 Å². The van der Waals surface area contributed by atoms with Crippen LogP contribution in [-0.2, 0) is 0 Å². The topological polar surface area (TPSA) is 42.1 Å². The smallest absolute Gasteiger partial charge is 0.147 e. The van der Waals surface area contributed by atoms with Gasteiger partial charge in [-0.1, -0.05) is 30.9 Å². The van der Waals surface area contributed by atoms with Crippen LogP contribution in [0.3, 0.4) is 0 Å². The summed E-state index contributed by atoms with van der Waals surface area (Å²) < 4.78 is 0. The second-order valence-corrected chi connectivity index (χ2v) is 6.02. The van der Waals surface area contributed by atoms with Gasteiger partial charge >= 0.3 is 0 Å². The minimum Gasteiger partial charge on any atom is -0.397 e. The van der Waals surface area contributed by atoms with Crippen molar-refractivity contribution in [2.45, 2.75) is 32.1 Å². The van der Waals surface area contributed by atoms with Gasteiger partial charge in [-0.15, -0.1) is 0 Å². The molecule has 0 bridgehead atoms. The van der Waals surface area contributed by atoms with Gasteiger partial charge in [0, 0.05) is 13.1 Å². The Morgan fingerprint density at radius 2 is 2.00 bits per heavy atom. The Morgan fingerprint density at radius 3 is 2.78 bits per heavy atom. The first kappa shape index (κ1) is 12.1. The molecule has 0 aromatic carbocycles. The van der Waals surface area contributed by atoms with E-state index in [0.29, 0.717) is 10.7 Å². The summed E-state index contributed by atoms with van der Waals surface area (Å²) in [6.07, 6.45) is 8.58. The number of aromatic nitrogens is 1. The number of nitrogens with zero attached hydrogens (tertiary/aromatic N) is 2. The molecule has 2 N–H and O–H groups in total. The van der Waals surface area contributed by atoms with E-state index in [-0.39, 0.29) is 0 Å². The maximum absolute atomic E-state index is 6.25. The van der Waals surface area contributed by atoms with Gasteiger partial charge < -0.3 is 10.6 Å². The van der Waals surface area contributed by atoms with Crippen molar-refractivity contribution in [2.24, 2.45) is 11.8 Å². The van der Waals surface area contributed by atoms with Gasteiger partial charge in [0.1, 0.15) is 5.82 Å². The molecule has 18 heavy (non-hydrogen) atoms. The summed E-state index contributed by atoms with van der Waals surface area (Å²) in [6, 6.07) is 1.80. The zero-order valence-electron chi connectivity index (χ0n) is 10.6. The molecule has 98 valence electrons. The Kier molecular flexibility index (Phi) is 3.33. The predicted molar refractivity (Wildman–Crippen MR) is 75.9 cm³/mol. The van der Waals surface area contributed by atoms with Crippen LogP contribution in [-0.4, -0.2) is 18.1 Å². The fraction of sp³-hybridized carbons (Fsp3) is 0.643. The zero-order valence-corrected chi connectivity index (χ0v) is 11.4. The number of hydrogen-bond donors (Lipinski definition) is 1. The van der Waals surface area contributed by atoms with Crippen molar-refractivity contribution in [1.82, 2.24) is 4.98 Å². The number of nitrogen functional groups attached to an aromatic ring is 1. The van der Waals surface area contributed by atoms with Gasteiger partial charge in [0.05, 0.1) is 16.9 Å². The standard InChI is InChI=1S/C14H20ClN3/c15-13-7-12(16)8-17-14(13)18-6-5-10-3-1-2-4-11(10)9-18/h7-8,10-11H,1-6,9,16H2. The fourth-order valence-electron chi connectivity index (χ4n) is 3.47. The number of rotatable bonds is 1. The van der Waals surface area contributed by atoms with Gasteiger partial charge in [0.25, 0.3) is 0 Å². The molecule has 2 atom stereocenters. The summed E-state index contributed by atoms with van der Waals surface area (Å²) in [6.45, 7) is 2.19. The summed E-state index contributed by atoms with van der Waals surface area (Å²) in [5.74, 6) is 2.68. The molecule has 2 aliphatic rings. The SMILES string of the molecule is Nc1cnc(N2CCC3CCCCC3C2)c(Cl)c1. The van der Waals surface area contributed by atoms with E-state index < -0.39 is 0 Å². The van der Waals surface area contributed by atoms with E-state index in [4.69, 9.17) is 17.3 Å². The lowest BCUT2D eigenvalue weighted by Gasteiger charge is -2.42. The van der Waals surface area contributed by atoms with Crippen LogP contribution < -0.4 is 10.6 Å². The maximum Gasteiger partial charge on any atom is 0.147 e. The van der Waals surface area contributed by atoms with Crippen LogP contribution in [0.15, 0.2) is 12.3 Å². The molecule has 1 aromatic heterocycles. The number of anilines is 2. The number of pyridine rings is 1. The van der Waals surface area contributed by atoms with Crippen molar-refractivity contribution >= 4 is 23.1 Å². The third-order valence-electron chi connectivity index (χ3n) is 4.43. The van der Waals surface area contributed by atoms with E-state index in [1.165, 1.54) is 32.1 Å². The Bertz CT molecular complexity index is 435. The van der Waals surface area contributed by atoms with Gasteiger partial charge in [0.15, 0.2) is 0 Å². The van der Waals surface area contributed by atoms with E-state index in [0.717, 1.165) is 30.7 Å². The van der Waals surface area contributed by atoms with Gasteiger partial charge in [-0.05, 0) is 30.7 Å². The van der Waals surface area contributed by atoms with E-state index in [1.54, 1.807) is 12.3 Å². The van der Waals surface area contributed by atoms with Gasteiger partial charge in [-0.2, -0.15) is 0 Å². The maximum atomic E-state index is 6.25. The fourth-order valence-corrected chi connectivity index (χ4v) is 3.77. The van der Waals surface area contributed by atoms with Crippen molar-refractivity contribution in [3.8, 4) is 0 Å². The van der Waals surface area contributed by atoms with E-state index in [9.17, 15) is 0 Å². The van der Waals surface area contributed by atoms with Crippen LogP contribution in [0, 0.1) is 11.8 Å². The van der Waals surface area contributed by atoms with E-state index in [2.05, 4.69) is 9.88 Å². The zero-order chi connectivity index (χ0) is 12.5. The molecule has 0 radical (unpaired) electrons. The largest absolute Gasteiger partial charge is 0.397 e. The molecular weight excluding hydrogens is 246 g/mol. The average molecular weight is 266 g/mol. The number of piperidine rings is 1. The molecule has 1 aliphatic carbocycles. The molecule has 4 heteroatoms. The second kappa shape index (κ2) is 4.96. The number of nitrogens with two attached hydrogens (primary N) is 1. The van der Waals surface area contributed by atoms with E-state index in [1.807, 2.05) is 0 Å². The summed E-state index contributed by atoms with van der Waals surface area (Å²) in [5.41, 5.74) is 6.33. The highest BCUT2D eigenvalue weighted by molar-refractivity contribution is 6.33. The molecule has 3 rings (SSSR count). The highest BCUT2D eigenvalue weighted by Gasteiger charge is 2.32. The lowest BCUT2D eigenvalue weighted by atomic mass is 9.75. The summed E-state index contributed by atoms with van der Waals surface area (Å²) in [5, 5.41) is 0.684. The Morgan fingerprint density at radius 1 is 1.22 bits per heavy atom. The quantitative estimate of drug-likeness (QED) is 0.847. The van der Waals surface area contributed by atoms with Crippen molar-refractivity contribution in [2.75, 3.05) is 23.7 Å². The van der Waals surface area contributed by atoms with Crippen LogP contribution in [0.25, 0.3) is 0 Å². The van der Waals surface area contributed by atoms with Crippen molar-refractivity contribution in [1.29, 1.82) is 0 Å². The summed E-state index contributed by atoms with van der Waals surface area (Å²) >= 11 is 6.25. The van der Waals surface area contributed by atoms with Gasteiger partial charge in [-0.25, -0.2) is 4.98 Å². The molecule has 0 spiro atoms. The van der Waals surface area contributed by atoms with Crippen LogP contribution in [0.1, 0.15) is 32.1 Å². The van der Waals surface area contributed by atoms with Gasteiger partial charge in [-0.3, -0.25) is 0 Å². The molecule has 1 saturated carbocycles. The summed E-state index contributed by atoms with van der Waals surface area (Å²) in [7, 11) is 0. The minimum atomic E-state index is 0.635. The second-order valence-electron chi connectivity index (χ2n) is 5.61. The Balaban J connectivity index is 1.77. The molecule has 1 aliphatic heterocycles. The number of fused-ring (bicyclic) bond motifs is 1. The van der Waals surface area contributed by atoms with Crippen molar-refractivity contribution in [3.05, 3.63) is 17.3 Å². The minimum absolute atomic E-state index is 0.635. The molecular formula is C14H20ClN3. The molecule has 3 nitrogen and oxygen atoms in total. The highest BCUT2D eigenvalue weighted by Crippen LogP contribution is 2.38. The van der Waals surface area contributed by atoms with Crippen LogP contribution in [0.5, 0.6) is 0 Å².